The SMILES string of the molecule is Cl.Cl.Cn1cc(NCC2CCC2)cn1. The number of nitrogens with one attached hydrogen (secondary N) is 1. The highest BCUT2D eigenvalue weighted by Gasteiger charge is 2.16. The summed E-state index contributed by atoms with van der Waals surface area (Å²) in [7, 11) is 1.94. The number of anilines is 1. The number of halogens is 2. The van der Waals surface area contributed by atoms with Crippen molar-refractivity contribution in [1.29, 1.82) is 0 Å². The van der Waals surface area contributed by atoms with Gasteiger partial charge in [-0.25, -0.2) is 0 Å². The summed E-state index contributed by atoms with van der Waals surface area (Å²) in [6, 6.07) is 0. The second-order valence-electron chi connectivity index (χ2n) is 3.58. The first-order chi connectivity index (χ1) is 5.84. The van der Waals surface area contributed by atoms with E-state index in [9.17, 15) is 0 Å². The van der Waals surface area contributed by atoms with Crippen molar-refractivity contribution in [2.45, 2.75) is 19.3 Å². The maximum atomic E-state index is 4.09. The zero-order valence-corrected chi connectivity index (χ0v) is 9.90. The van der Waals surface area contributed by atoms with Crippen molar-refractivity contribution in [3.8, 4) is 0 Å². The highest BCUT2D eigenvalue weighted by molar-refractivity contribution is 5.85. The van der Waals surface area contributed by atoms with Crippen LogP contribution < -0.4 is 5.32 Å². The van der Waals surface area contributed by atoms with Crippen LogP contribution in [0.4, 0.5) is 5.69 Å². The van der Waals surface area contributed by atoms with Crippen LogP contribution in [-0.2, 0) is 7.05 Å². The van der Waals surface area contributed by atoms with E-state index in [1.165, 1.54) is 19.3 Å². The molecule has 1 aliphatic rings. The van der Waals surface area contributed by atoms with Crippen molar-refractivity contribution in [1.82, 2.24) is 9.78 Å². The van der Waals surface area contributed by atoms with Gasteiger partial charge in [0.15, 0.2) is 0 Å². The lowest BCUT2D eigenvalue weighted by Gasteiger charge is -2.25. The molecule has 1 fully saturated rings. The zero-order valence-electron chi connectivity index (χ0n) is 8.27. The molecule has 0 saturated heterocycles. The first kappa shape index (κ1) is 13.6. The minimum atomic E-state index is 0. The quantitative estimate of drug-likeness (QED) is 0.876. The Morgan fingerprint density at radius 3 is 2.64 bits per heavy atom. The van der Waals surface area contributed by atoms with E-state index >= 15 is 0 Å². The van der Waals surface area contributed by atoms with E-state index in [0.717, 1.165) is 18.2 Å². The molecular weight excluding hydrogens is 221 g/mol. The number of aryl methyl sites for hydroxylation is 1. The summed E-state index contributed by atoms with van der Waals surface area (Å²) in [5.41, 5.74) is 1.14. The summed E-state index contributed by atoms with van der Waals surface area (Å²) < 4.78 is 1.82. The summed E-state index contributed by atoms with van der Waals surface area (Å²) in [6.45, 7) is 1.12. The average Bonchev–Trinajstić information content (AvgIpc) is 2.32. The molecule has 0 aliphatic heterocycles. The van der Waals surface area contributed by atoms with Gasteiger partial charge in [-0.3, -0.25) is 4.68 Å². The lowest BCUT2D eigenvalue weighted by Crippen LogP contribution is -2.20. The minimum absolute atomic E-state index is 0. The van der Waals surface area contributed by atoms with Gasteiger partial charge in [0, 0.05) is 19.8 Å². The molecule has 1 heterocycles. The van der Waals surface area contributed by atoms with E-state index in [2.05, 4.69) is 10.4 Å². The molecule has 0 spiro atoms. The van der Waals surface area contributed by atoms with E-state index in [-0.39, 0.29) is 24.8 Å². The number of hydrogen-bond donors (Lipinski definition) is 1. The van der Waals surface area contributed by atoms with Gasteiger partial charge in [-0.05, 0) is 18.8 Å². The molecule has 1 saturated carbocycles. The van der Waals surface area contributed by atoms with Gasteiger partial charge in [-0.2, -0.15) is 5.10 Å². The van der Waals surface area contributed by atoms with E-state index in [1.54, 1.807) is 0 Å². The second kappa shape index (κ2) is 6.14. The molecule has 1 N–H and O–H groups in total. The third-order valence-corrected chi connectivity index (χ3v) is 2.52. The van der Waals surface area contributed by atoms with Crippen molar-refractivity contribution >= 4 is 30.5 Å². The van der Waals surface area contributed by atoms with Gasteiger partial charge in [0.1, 0.15) is 0 Å². The van der Waals surface area contributed by atoms with Crippen molar-refractivity contribution in [3.63, 3.8) is 0 Å². The number of nitrogens with zero attached hydrogens (tertiary/aromatic N) is 2. The molecule has 0 atom stereocenters. The topological polar surface area (TPSA) is 29.9 Å². The lowest BCUT2D eigenvalue weighted by molar-refractivity contribution is 0.333. The molecule has 14 heavy (non-hydrogen) atoms. The van der Waals surface area contributed by atoms with Crippen LogP contribution in [0.5, 0.6) is 0 Å². The fourth-order valence-electron chi connectivity index (χ4n) is 1.47. The van der Waals surface area contributed by atoms with Crippen LogP contribution in [0.15, 0.2) is 12.4 Å². The number of rotatable bonds is 3. The van der Waals surface area contributed by atoms with E-state index in [0.29, 0.717) is 0 Å². The largest absolute Gasteiger partial charge is 0.382 e. The molecule has 0 amide bonds. The summed E-state index contributed by atoms with van der Waals surface area (Å²) in [5, 5.41) is 7.48. The summed E-state index contributed by atoms with van der Waals surface area (Å²) in [6.07, 6.45) is 8.09. The minimum Gasteiger partial charge on any atom is -0.382 e. The third kappa shape index (κ3) is 3.39. The number of hydrogen-bond acceptors (Lipinski definition) is 2. The zero-order chi connectivity index (χ0) is 8.39. The van der Waals surface area contributed by atoms with E-state index in [4.69, 9.17) is 0 Å². The summed E-state index contributed by atoms with van der Waals surface area (Å²) in [5.74, 6) is 0.908. The van der Waals surface area contributed by atoms with Gasteiger partial charge in [-0.1, -0.05) is 6.42 Å². The molecule has 0 unspecified atom stereocenters. The van der Waals surface area contributed by atoms with E-state index < -0.39 is 0 Å². The van der Waals surface area contributed by atoms with Crippen LogP contribution in [0.25, 0.3) is 0 Å². The fraction of sp³-hybridized carbons (Fsp3) is 0.667. The molecule has 3 nitrogen and oxygen atoms in total. The molecule has 82 valence electrons. The van der Waals surface area contributed by atoms with Crippen molar-refractivity contribution in [3.05, 3.63) is 12.4 Å². The fourth-order valence-corrected chi connectivity index (χ4v) is 1.47. The molecule has 1 aromatic rings. The first-order valence-corrected chi connectivity index (χ1v) is 4.57. The van der Waals surface area contributed by atoms with Crippen LogP contribution >= 0.6 is 24.8 Å². The average molecular weight is 238 g/mol. The van der Waals surface area contributed by atoms with Crippen molar-refractivity contribution in [2.75, 3.05) is 11.9 Å². The third-order valence-electron chi connectivity index (χ3n) is 2.52. The predicted octanol–water partition coefficient (Wildman–Crippen LogP) is 2.48. The summed E-state index contributed by atoms with van der Waals surface area (Å²) in [4.78, 5) is 0. The Balaban J connectivity index is 0.000000845. The molecule has 1 aliphatic carbocycles. The van der Waals surface area contributed by atoms with Gasteiger partial charge < -0.3 is 5.32 Å². The number of aromatic nitrogens is 2. The maximum Gasteiger partial charge on any atom is 0.0726 e. The smallest absolute Gasteiger partial charge is 0.0726 e. The molecule has 1 aromatic heterocycles. The normalized spacial score (nSPS) is 14.9. The highest BCUT2D eigenvalue weighted by atomic mass is 35.5. The van der Waals surface area contributed by atoms with Gasteiger partial charge in [0.25, 0.3) is 0 Å². The second-order valence-corrected chi connectivity index (χ2v) is 3.58. The molecule has 2 rings (SSSR count). The van der Waals surface area contributed by atoms with E-state index in [1.807, 2.05) is 24.1 Å². The monoisotopic (exact) mass is 237 g/mol. The standard InChI is InChI=1S/C9H15N3.2ClH/c1-12-7-9(6-11-12)10-5-8-3-2-4-8;;/h6-8,10H,2-5H2,1H3;2*1H. The van der Waals surface area contributed by atoms with Gasteiger partial charge >= 0.3 is 0 Å². The maximum absolute atomic E-state index is 4.09. The van der Waals surface area contributed by atoms with Crippen molar-refractivity contribution in [2.24, 2.45) is 13.0 Å². The van der Waals surface area contributed by atoms with Crippen molar-refractivity contribution < 1.29 is 0 Å². The molecule has 0 aromatic carbocycles. The lowest BCUT2D eigenvalue weighted by atomic mass is 9.85. The Bertz CT molecular complexity index is 258. The Labute approximate surface area is 97.1 Å². The van der Waals surface area contributed by atoms with Crippen LogP contribution in [0.1, 0.15) is 19.3 Å². The van der Waals surface area contributed by atoms with Crippen LogP contribution in [0.3, 0.4) is 0 Å². The van der Waals surface area contributed by atoms with Gasteiger partial charge in [-0.15, -0.1) is 24.8 Å². The van der Waals surface area contributed by atoms with Crippen LogP contribution in [0, 0.1) is 5.92 Å². The predicted molar refractivity (Wildman–Crippen MR) is 63.5 cm³/mol. The first-order valence-electron chi connectivity index (χ1n) is 4.57. The van der Waals surface area contributed by atoms with Gasteiger partial charge in [0.05, 0.1) is 11.9 Å². The van der Waals surface area contributed by atoms with Crippen LogP contribution in [-0.4, -0.2) is 16.3 Å². The Morgan fingerprint density at radius 2 is 2.21 bits per heavy atom. The summed E-state index contributed by atoms with van der Waals surface area (Å²) >= 11 is 0. The molecule has 0 radical (unpaired) electrons. The van der Waals surface area contributed by atoms with Crippen LogP contribution in [0.2, 0.25) is 0 Å². The Morgan fingerprint density at radius 1 is 1.50 bits per heavy atom. The Hall–Kier alpha value is -0.410. The Kier molecular flexibility index (Phi) is 5.96. The van der Waals surface area contributed by atoms with Gasteiger partial charge in [0.2, 0.25) is 0 Å². The highest BCUT2D eigenvalue weighted by Crippen LogP contribution is 2.26. The molecule has 0 bridgehead atoms. The molecular formula is C9H17Cl2N3. The molecule has 5 heteroatoms.